The minimum atomic E-state index is -0.973. The molecule has 1 aromatic rings. The van der Waals surface area contributed by atoms with Crippen LogP contribution in [-0.2, 0) is 25.6 Å². The van der Waals surface area contributed by atoms with Gasteiger partial charge in [-0.1, -0.05) is 0 Å². The standard InChI is InChI=1S/C18H28N4O7/c1-11-9-21(16(26)20-15(11)25)10-13(23)22(17(27)29-18(2,3)4)12(6-7-19)8-14(24)28-5/h9,12H,6-8,10,19H2,1-5H3,(H,20,25,26). The fourth-order valence-corrected chi connectivity index (χ4v) is 2.51. The lowest BCUT2D eigenvalue weighted by atomic mass is 10.1. The van der Waals surface area contributed by atoms with Crippen molar-refractivity contribution >= 4 is 18.0 Å². The van der Waals surface area contributed by atoms with Crippen LogP contribution in [-0.4, -0.2) is 57.7 Å². The summed E-state index contributed by atoms with van der Waals surface area (Å²) in [5, 5.41) is 0. The number of hydrogen-bond acceptors (Lipinski definition) is 8. The van der Waals surface area contributed by atoms with Gasteiger partial charge in [0.05, 0.1) is 19.6 Å². The molecule has 0 aliphatic heterocycles. The van der Waals surface area contributed by atoms with Gasteiger partial charge in [0.2, 0.25) is 0 Å². The number of rotatable bonds is 7. The molecule has 3 N–H and O–H groups in total. The Labute approximate surface area is 167 Å². The number of ether oxygens (including phenoxy) is 2. The molecule has 0 bridgehead atoms. The first kappa shape index (κ1) is 24.1. The van der Waals surface area contributed by atoms with E-state index in [-0.39, 0.29) is 24.9 Å². The molecule has 0 aliphatic carbocycles. The first-order valence-corrected chi connectivity index (χ1v) is 9.02. The first-order chi connectivity index (χ1) is 13.4. The van der Waals surface area contributed by atoms with Crippen LogP contribution in [0.5, 0.6) is 0 Å². The molecule has 1 aromatic heterocycles. The Kier molecular flexibility index (Phi) is 8.31. The molecule has 0 aromatic carbocycles. The van der Waals surface area contributed by atoms with E-state index in [4.69, 9.17) is 10.5 Å². The number of amides is 2. The minimum absolute atomic E-state index is 0.0892. The first-order valence-electron chi connectivity index (χ1n) is 9.02. The molecule has 162 valence electrons. The smallest absolute Gasteiger partial charge is 0.417 e. The van der Waals surface area contributed by atoms with Gasteiger partial charge in [-0.05, 0) is 40.7 Å². The van der Waals surface area contributed by atoms with E-state index in [0.29, 0.717) is 0 Å². The van der Waals surface area contributed by atoms with Crippen molar-refractivity contribution in [1.82, 2.24) is 14.5 Å². The molecule has 11 heteroatoms. The molecule has 1 heterocycles. The Balaban J connectivity index is 3.30. The van der Waals surface area contributed by atoms with Gasteiger partial charge in [-0.25, -0.2) is 14.5 Å². The van der Waals surface area contributed by atoms with Crippen LogP contribution >= 0.6 is 0 Å². The Bertz CT molecular complexity index is 866. The molecule has 0 saturated heterocycles. The molecule has 0 spiro atoms. The number of nitrogens with zero attached hydrogens (tertiary/aromatic N) is 2. The molecular formula is C18H28N4O7. The summed E-state index contributed by atoms with van der Waals surface area (Å²) >= 11 is 0. The fraction of sp³-hybridized carbons (Fsp3) is 0.611. The Hall–Kier alpha value is -2.95. The molecule has 0 fully saturated rings. The largest absolute Gasteiger partial charge is 0.469 e. The maximum absolute atomic E-state index is 13.0. The maximum atomic E-state index is 13.0. The van der Waals surface area contributed by atoms with Crippen LogP contribution in [0.2, 0.25) is 0 Å². The molecule has 0 saturated carbocycles. The Morgan fingerprint density at radius 1 is 1.28 bits per heavy atom. The van der Waals surface area contributed by atoms with Gasteiger partial charge < -0.3 is 15.2 Å². The highest BCUT2D eigenvalue weighted by molar-refractivity contribution is 5.93. The van der Waals surface area contributed by atoms with Crippen molar-refractivity contribution in [3.63, 3.8) is 0 Å². The number of aromatic nitrogens is 2. The topological polar surface area (TPSA) is 154 Å². The lowest BCUT2D eigenvalue weighted by Crippen LogP contribution is -2.50. The lowest BCUT2D eigenvalue weighted by Gasteiger charge is -2.31. The van der Waals surface area contributed by atoms with Crippen LogP contribution in [0.15, 0.2) is 15.8 Å². The maximum Gasteiger partial charge on any atom is 0.417 e. The van der Waals surface area contributed by atoms with Crippen LogP contribution in [0.1, 0.15) is 39.2 Å². The number of carbonyl (C=O) groups excluding carboxylic acids is 3. The zero-order valence-corrected chi connectivity index (χ0v) is 17.3. The summed E-state index contributed by atoms with van der Waals surface area (Å²) in [5.74, 6) is -1.43. The third kappa shape index (κ3) is 7.18. The third-order valence-corrected chi connectivity index (χ3v) is 3.85. The average molecular weight is 412 g/mol. The van der Waals surface area contributed by atoms with Gasteiger partial charge in [0.25, 0.3) is 11.5 Å². The van der Waals surface area contributed by atoms with Crippen molar-refractivity contribution in [2.45, 2.75) is 58.7 Å². The van der Waals surface area contributed by atoms with Crippen LogP contribution in [0.3, 0.4) is 0 Å². The number of carbonyl (C=O) groups is 3. The number of esters is 1. The van der Waals surface area contributed by atoms with Crippen molar-refractivity contribution in [3.8, 4) is 0 Å². The van der Waals surface area contributed by atoms with Crippen molar-refractivity contribution in [2.75, 3.05) is 13.7 Å². The number of hydrogen-bond donors (Lipinski definition) is 2. The van der Waals surface area contributed by atoms with Crippen molar-refractivity contribution < 1.29 is 23.9 Å². The van der Waals surface area contributed by atoms with Crippen LogP contribution < -0.4 is 17.0 Å². The summed E-state index contributed by atoms with van der Waals surface area (Å²) in [6, 6.07) is -0.922. The molecule has 2 amide bonds. The number of H-pyrrole nitrogens is 1. The second kappa shape index (κ2) is 10.0. The van der Waals surface area contributed by atoms with Gasteiger partial charge in [0.15, 0.2) is 0 Å². The van der Waals surface area contributed by atoms with E-state index >= 15 is 0 Å². The molecule has 0 radical (unpaired) electrons. The number of nitrogens with one attached hydrogen (secondary N) is 1. The van der Waals surface area contributed by atoms with Crippen molar-refractivity contribution in [3.05, 3.63) is 32.6 Å². The summed E-state index contributed by atoms with van der Waals surface area (Å²) in [6.45, 7) is 5.90. The predicted octanol–water partition coefficient (Wildman–Crippen LogP) is -0.111. The van der Waals surface area contributed by atoms with Gasteiger partial charge in [-0.2, -0.15) is 0 Å². The quantitative estimate of drug-likeness (QED) is 0.588. The molecule has 1 atom stereocenters. The van der Waals surface area contributed by atoms with Gasteiger partial charge in [-0.15, -0.1) is 0 Å². The van der Waals surface area contributed by atoms with E-state index in [1.807, 2.05) is 0 Å². The van der Waals surface area contributed by atoms with Crippen LogP contribution in [0, 0.1) is 6.92 Å². The summed E-state index contributed by atoms with van der Waals surface area (Å²) in [6.07, 6.45) is 0.0849. The number of aromatic amines is 1. The summed E-state index contributed by atoms with van der Waals surface area (Å²) in [7, 11) is 1.18. The van der Waals surface area contributed by atoms with Crippen molar-refractivity contribution in [1.29, 1.82) is 0 Å². The van der Waals surface area contributed by atoms with Gasteiger partial charge in [-0.3, -0.25) is 23.9 Å². The Morgan fingerprint density at radius 3 is 2.41 bits per heavy atom. The molecule has 29 heavy (non-hydrogen) atoms. The summed E-state index contributed by atoms with van der Waals surface area (Å²) in [4.78, 5) is 63.8. The molecular weight excluding hydrogens is 384 g/mol. The highest BCUT2D eigenvalue weighted by Crippen LogP contribution is 2.17. The predicted molar refractivity (Wildman–Crippen MR) is 103 cm³/mol. The number of aryl methyl sites for hydroxylation is 1. The van der Waals surface area contributed by atoms with Gasteiger partial charge in [0, 0.05) is 11.8 Å². The second-order valence-corrected chi connectivity index (χ2v) is 7.45. The number of nitrogens with two attached hydrogens (primary N) is 1. The van der Waals surface area contributed by atoms with Gasteiger partial charge >= 0.3 is 17.8 Å². The van der Waals surface area contributed by atoms with Crippen LogP contribution in [0.4, 0.5) is 4.79 Å². The zero-order valence-electron chi connectivity index (χ0n) is 17.3. The summed E-state index contributed by atoms with van der Waals surface area (Å²) in [5.41, 5.74) is 3.52. The van der Waals surface area contributed by atoms with E-state index in [1.165, 1.54) is 20.2 Å². The fourth-order valence-electron chi connectivity index (χ4n) is 2.51. The third-order valence-electron chi connectivity index (χ3n) is 3.85. The highest BCUT2D eigenvalue weighted by atomic mass is 16.6. The number of methoxy groups -OCH3 is 1. The van der Waals surface area contributed by atoms with E-state index in [0.717, 1.165) is 9.47 Å². The molecule has 0 aliphatic rings. The monoisotopic (exact) mass is 412 g/mol. The van der Waals surface area contributed by atoms with Gasteiger partial charge in [0.1, 0.15) is 12.1 Å². The van der Waals surface area contributed by atoms with Crippen LogP contribution in [0.25, 0.3) is 0 Å². The minimum Gasteiger partial charge on any atom is -0.469 e. The zero-order chi connectivity index (χ0) is 22.4. The SMILES string of the molecule is COC(=O)CC(CCN)N(C(=O)Cn1cc(C)c(=O)[nH]c1=O)C(=O)OC(C)(C)C. The van der Waals surface area contributed by atoms with E-state index in [1.54, 1.807) is 20.8 Å². The molecule has 1 rings (SSSR count). The normalized spacial score (nSPS) is 12.2. The van der Waals surface area contributed by atoms with Crippen molar-refractivity contribution in [2.24, 2.45) is 5.73 Å². The van der Waals surface area contributed by atoms with E-state index in [2.05, 4.69) is 9.72 Å². The average Bonchev–Trinajstić information content (AvgIpc) is 2.58. The van der Waals surface area contributed by atoms with E-state index in [9.17, 15) is 24.0 Å². The Morgan fingerprint density at radius 2 is 1.90 bits per heavy atom. The van der Waals surface area contributed by atoms with E-state index < -0.39 is 47.4 Å². The molecule has 1 unspecified atom stereocenters. The second-order valence-electron chi connectivity index (χ2n) is 7.45. The molecule has 11 nitrogen and oxygen atoms in total. The lowest BCUT2D eigenvalue weighted by molar-refractivity contribution is -0.143. The number of imide groups is 1. The highest BCUT2D eigenvalue weighted by Gasteiger charge is 2.34. The summed E-state index contributed by atoms with van der Waals surface area (Å²) < 4.78 is 10.9.